The first kappa shape index (κ1) is 17.3. The lowest BCUT2D eigenvalue weighted by atomic mass is 9.94. The number of benzene rings is 1. The molecular formula is C19H24O4. The van der Waals surface area contributed by atoms with Crippen molar-refractivity contribution in [2.45, 2.75) is 44.8 Å². The Morgan fingerprint density at radius 1 is 1.39 bits per heavy atom. The molecular weight excluding hydrogens is 292 g/mol. The number of phenols is 1. The second-order valence-electron chi connectivity index (χ2n) is 6.05. The first-order valence-corrected chi connectivity index (χ1v) is 7.98. The summed E-state index contributed by atoms with van der Waals surface area (Å²) >= 11 is 0. The number of fused-ring (bicyclic) bond motifs is 1. The molecule has 2 rings (SSSR count). The van der Waals surface area contributed by atoms with Gasteiger partial charge in [-0.15, -0.1) is 6.58 Å². The highest BCUT2D eigenvalue weighted by Crippen LogP contribution is 2.26. The van der Waals surface area contributed by atoms with Crippen molar-refractivity contribution in [3.05, 3.63) is 54.1 Å². The van der Waals surface area contributed by atoms with Gasteiger partial charge in [-0.05, 0) is 30.4 Å². The van der Waals surface area contributed by atoms with Crippen molar-refractivity contribution in [1.29, 1.82) is 0 Å². The van der Waals surface area contributed by atoms with Gasteiger partial charge in [0, 0.05) is 12.8 Å². The maximum Gasteiger partial charge on any atom is 0.342 e. The third-order valence-corrected chi connectivity index (χ3v) is 4.21. The summed E-state index contributed by atoms with van der Waals surface area (Å²) in [5.74, 6) is -0.552. The van der Waals surface area contributed by atoms with E-state index >= 15 is 0 Å². The summed E-state index contributed by atoms with van der Waals surface area (Å²) in [6.45, 7) is 5.66. The van der Waals surface area contributed by atoms with Crippen LogP contribution in [-0.4, -0.2) is 28.4 Å². The summed E-state index contributed by atoms with van der Waals surface area (Å²) in [7, 11) is 0. The molecule has 1 aromatic rings. The van der Waals surface area contributed by atoms with E-state index in [0.29, 0.717) is 19.3 Å². The van der Waals surface area contributed by atoms with E-state index in [0.717, 1.165) is 12.0 Å². The Balaban J connectivity index is 2.36. The molecule has 0 spiro atoms. The van der Waals surface area contributed by atoms with Gasteiger partial charge in [0.2, 0.25) is 0 Å². The molecule has 4 heteroatoms. The molecule has 0 radical (unpaired) electrons. The third-order valence-electron chi connectivity index (χ3n) is 4.21. The van der Waals surface area contributed by atoms with Crippen molar-refractivity contribution in [3.8, 4) is 5.75 Å². The second-order valence-corrected chi connectivity index (χ2v) is 6.05. The molecule has 1 aromatic carbocycles. The highest BCUT2D eigenvalue weighted by Gasteiger charge is 2.25. The van der Waals surface area contributed by atoms with Crippen molar-refractivity contribution >= 4 is 5.97 Å². The molecule has 0 aromatic heterocycles. The molecule has 1 aliphatic rings. The Labute approximate surface area is 137 Å². The molecule has 0 fully saturated rings. The van der Waals surface area contributed by atoms with Crippen LogP contribution in [0.3, 0.4) is 0 Å². The molecule has 2 N–H and O–H groups in total. The largest absolute Gasteiger partial charge is 0.507 e. The van der Waals surface area contributed by atoms with Crippen LogP contribution < -0.4 is 0 Å². The van der Waals surface area contributed by atoms with Crippen LogP contribution in [0.5, 0.6) is 5.75 Å². The van der Waals surface area contributed by atoms with Gasteiger partial charge in [0.05, 0.1) is 6.10 Å². The van der Waals surface area contributed by atoms with Gasteiger partial charge in [0.25, 0.3) is 0 Å². The van der Waals surface area contributed by atoms with Gasteiger partial charge in [-0.2, -0.15) is 0 Å². The summed E-state index contributed by atoms with van der Waals surface area (Å²) in [4.78, 5) is 12.5. The van der Waals surface area contributed by atoms with Crippen LogP contribution in [0, 0.1) is 5.92 Å². The number of aromatic hydroxyl groups is 1. The lowest BCUT2D eigenvalue weighted by Gasteiger charge is -2.24. The zero-order chi connectivity index (χ0) is 16.8. The van der Waals surface area contributed by atoms with E-state index in [4.69, 9.17) is 4.74 Å². The number of aliphatic hydroxyl groups excluding tert-OH is 1. The number of hydrogen-bond acceptors (Lipinski definition) is 4. The van der Waals surface area contributed by atoms with Gasteiger partial charge in [-0.25, -0.2) is 4.79 Å². The number of ether oxygens (including phenoxy) is 1. The maximum atomic E-state index is 12.5. The Bertz CT molecular complexity index is 591. The minimum Gasteiger partial charge on any atom is -0.507 e. The number of rotatable bonds is 2. The monoisotopic (exact) mass is 316 g/mol. The summed E-state index contributed by atoms with van der Waals surface area (Å²) in [5, 5.41) is 20.3. The van der Waals surface area contributed by atoms with Gasteiger partial charge in [-0.3, -0.25) is 0 Å². The zero-order valence-electron chi connectivity index (χ0n) is 13.4. The first-order valence-electron chi connectivity index (χ1n) is 7.98. The Morgan fingerprint density at radius 3 is 2.91 bits per heavy atom. The second kappa shape index (κ2) is 7.97. The fourth-order valence-corrected chi connectivity index (χ4v) is 2.76. The minimum absolute atomic E-state index is 0.0794. The van der Waals surface area contributed by atoms with Crippen LogP contribution in [0.2, 0.25) is 0 Å². The summed E-state index contributed by atoms with van der Waals surface area (Å²) < 4.78 is 5.54. The van der Waals surface area contributed by atoms with Crippen LogP contribution in [0.25, 0.3) is 0 Å². The van der Waals surface area contributed by atoms with Gasteiger partial charge in [0.1, 0.15) is 17.4 Å². The Hall–Kier alpha value is -2.07. The van der Waals surface area contributed by atoms with E-state index < -0.39 is 18.2 Å². The third kappa shape index (κ3) is 4.45. The number of esters is 1. The number of aliphatic hydroxyl groups is 1. The molecule has 0 saturated heterocycles. The highest BCUT2D eigenvalue weighted by molar-refractivity contribution is 5.94. The molecule has 3 atom stereocenters. The fraction of sp³-hybridized carbons (Fsp3) is 0.421. The summed E-state index contributed by atoms with van der Waals surface area (Å²) in [6.07, 6.45) is 6.75. The average Bonchev–Trinajstić information content (AvgIpc) is 2.50. The van der Waals surface area contributed by atoms with Gasteiger partial charge >= 0.3 is 5.97 Å². The van der Waals surface area contributed by atoms with Crippen LogP contribution in [0.4, 0.5) is 0 Å². The lowest BCUT2D eigenvalue weighted by Crippen LogP contribution is -2.28. The van der Waals surface area contributed by atoms with Gasteiger partial charge < -0.3 is 14.9 Å². The van der Waals surface area contributed by atoms with Crippen molar-refractivity contribution in [1.82, 2.24) is 0 Å². The summed E-state index contributed by atoms with van der Waals surface area (Å²) in [5.41, 5.74) is 0.937. The van der Waals surface area contributed by atoms with Gasteiger partial charge in [0.15, 0.2) is 0 Å². The van der Waals surface area contributed by atoms with E-state index in [2.05, 4.69) is 6.58 Å². The van der Waals surface area contributed by atoms with E-state index in [1.165, 1.54) is 6.07 Å². The molecule has 0 unspecified atom stereocenters. The lowest BCUT2D eigenvalue weighted by molar-refractivity contribution is 0.00685. The van der Waals surface area contributed by atoms with Crippen LogP contribution in [0.1, 0.15) is 42.1 Å². The van der Waals surface area contributed by atoms with E-state index in [9.17, 15) is 15.0 Å². The van der Waals surface area contributed by atoms with E-state index in [1.54, 1.807) is 12.1 Å². The van der Waals surface area contributed by atoms with E-state index in [-0.39, 0.29) is 17.2 Å². The van der Waals surface area contributed by atoms with Crippen molar-refractivity contribution in [2.75, 3.05) is 0 Å². The molecule has 0 amide bonds. The number of carbonyl (C=O) groups excluding carboxylic acids is 1. The molecule has 0 aliphatic carbocycles. The quantitative estimate of drug-likeness (QED) is 0.648. The van der Waals surface area contributed by atoms with E-state index in [1.807, 2.05) is 25.1 Å². The molecule has 124 valence electrons. The van der Waals surface area contributed by atoms with Crippen LogP contribution >= 0.6 is 0 Å². The molecule has 0 saturated carbocycles. The number of allylic oxidation sites excluding steroid dienone is 2. The molecule has 0 bridgehead atoms. The fourth-order valence-electron chi connectivity index (χ4n) is 2.76. The van der Waals surface area contributed by atoms with Crippen molar-refractivity contribution < 1.29 is 19.7 Å². The highest BCUT2D eigenvalue weighted by atomic mass is 16.5. The molecule has 4 nitrogen and oxygen atoms in total. The Morgan fingerprint density at radius 2 is 2.17 bits per heavy atom. The predicted molar refractivity (Wildman–Crippen MR) is 89.4 cm³/mol. The molecule has 23 heavy (non-hydrogen) atoms. The first-order chi connectivity index (χ1) is 11.0. The maximum absolute atomic E-state index is 12.5. The normalized spacial score (nSPS) is 27.0. The standard InChI is InChI=1S/C19H24O4/c1-3-7-15-12-17(21)13(2)8-4-5-9-14-10-6-11-16(20)18(14)19(22)23-15/h3-6,10-11,13,15,17,20-21H,1,7-9,12H2,2H3/b5-4+/t13-,15-,17+/m0/s1. The number of phenolic OH excluding ortho intramolecular Hbond substituents is 1. The summed E-state index contributed by atoms with van der Waals surface area (Å²) in [6, 6.07) is 5.01. The van der Waals surface area contributed by atoms with Gasteiger partial charge in [-0.1, -0.05) is 37.3 Å². The minimum atomic E-state index is -0.557. The SMILES string of the molecule is C=CC[C@H]1C[C@@H](O)[C@@H](C)C/C=C/Cc2cccc(O)c2C(=O)O1. The van der Waals surface area contributed by atoms with Crippen LogP contribution in [-0.2, 0) is 11.2 Å². The Kier molecular flexibility index (Phi) is 5.99. The topological polar surface area (TPSA) is 66.8 Å². The predicted octanol–water partition coefficient (Wildman–Crippen LogP) is 3.38. The number of carbonyl (C=O) groups is 1. The zero-order valence-corrected chi connectivity index (χ0v) is 13.4. The smallest absolute Gasteiger partial charge is 0.342 e. The van der Waals surface area contributed by atoms with Crippen molar-refractivity contribution in [3.63, 3.8) is 0 Å². The number of cyclic esters (lactones) is 1. The molecule has 1 aliphatic heterocycles. The van der Waals surface area contributed by atoms with Crippen molar-refractivity contribution in [2.24, 2.45) is 5.92 Å². The number of hydrogen-bond donors (Lipinski definition) is 2. The average molecular weight is 316 g/mol. The van der Waals surface area contributed by atoms with Crippen LogP contribution in [0.15, 0.2) is 43.0 Å². The molecule has 1 heterocycles.